The van der Waals surface area contributed by atoms with Crippen LogP contribution in [0.15, 0.2) is 37.2 Å². The van der Waals surface area contributed by atoms with Crippen molar-refractivity contribution in [3.8, 4) is 0 Å². The van der Waals surface area contributed by atoms with Crippen molar-refractivity contribution in [2.75, 3.05) is 0 Å². The Labute approximate surface area is 66.7 Å². The monoisotopic (exact) mass is 150 g/mol. The minimum absolute atomic E-state index is 0.953. The third-order valence-electron chi connectivity index (χ3n) is 1.45. The van der Waals surface area contributed by atoms with E-state index in [4.69, 9.17) is 4.84 Å². The van der Waals surface area contributed by atoms with Crippen LogP contribution in [0, 0.1) is 0 Å². The van der Waals surface area contributed by atoms with E-state index < -0.39 is 0 Å². The highest BCUT2D eigenvalue weighted by atomic mass is 16.6. The quantitative estimate of drug-likeness (QED) is 0.464. The smallest absolute Gasteiger partial charge is 0.234 e. The number of pyridine rings is 1. The molecule has 2 nitrogen and oxygen atoms in total. The van der Waals surface area contributed by atoms with E-state index in [0.29, 0.717) is 0 Å². The van der Waals surface area contributed by atoms with Gasteiger partial charge in [0.05, 0.1) is 0 Å². The molecule has 0 bridgehead atoms. The first-order valence-electron chi connectivity index (χ1n) is 3.66. The summed E-state index contributed by atoms with van der Waals surface area (Å²) in [6, 6.07) is 5.92. The predicted molar refractivity (Wildman–Crippen MR) is 42.8 cm³/mol. The fourth-order valence-corrected chi connectivity index (χ4v) is 0.921. The van der Waals surface area contributed by atoms with Crippen LogP contribution in [0.5, 0.6) is 0 Å². The fourth-order valence-electron chi connectivity index (χ4n) is 0.921. The normalized spacial score (nSPS) is 9.18. The van der Waals surface area contributed by atoms with E-state index in [1.165, 1.54) is 6.26 Å². The molecule has 1 rings (SSSR count). The largest absolute Gasteiger partial charge is 0.240 e. The summed E-state index contributed by atoms with van der Waals surface area (Å²) >= 11 is 0. The van der Waals surface area contributed by atoms with E-state index in [9.17, 15) is 0 Å². The second-order valence-corrected chi connectivity index (χ2v) is 2.14. The molecular formula is C9H12NO+. The summed E-state index contributed by atoms with van der Waals surface area (Å²) in [6.07, 6.45) is 4.23. The maximum absolute atomic E-state index is 5.11. The van der Waals surface area contributed by atoms with E-state index >= 15 is 0 Å². The summed E-state index contributed by atoms with van der Waals surface area (Å²) in [5.41, 5.74) is 1.13. The molecule has 0 aliphatic rings. The van der Waals surface area contributed by atoms with E-state index in [0.717, 1.165) is 12.1 Å². The maximum atomic E-state index is 5.11. The van der Waals surface area contributed by atoms with Crippen molar-refractivity contribution < 1.29 is 9.57 Å². The Morgan fingerprint density at radius 2 is 2.45 bits per heavy atom. The van der Waals surface area contributed by atoms with Gasteiger partial charge in [-0.3, -0.25) is 0 Å². The molecule has 0 amide bonds. The number of rotatable bonds is 3. The van der Waals surface area contributed by atoms with Crippen LogP contribution >= 0.6 is 0 Å². The summed E-state index contributed by atoms with van der Waals surface area (Å²) in [7, 11) is 0. The topological polar surface area (TPSA) is 13.1 Å². The van der Waals surface area contributed by atoms with Crippen LogP contribution in [-0.2, 0) is 6.42 Å². The molecule has 11 heavy (non-hydrogen) atoms. The Kier molecular flexibility index (Phi) is 2.66. The van der Waals surface area contributed by atoms with Crippen LogP contribution in [-0.4, -0.2) is 0 Å². The van der Waals surface area contributed by atoms with Crippen LogP contribution in [0.2, 0.25) is 0 Å². The Morgan fingerprint density at radius 1 is 1.64 bits per heavy atom. The zero-order valence-electron chi connectivity index (χ0n) is 6.66. The lowest BCUT2D eigenvalue weighted by Crippen LogP contribution is -2.43. The van der Waals surface area contributed by atoms with Gasteiger partial charge in [0, 0.05) is 23.3 Å². The summed E-state index contributed by atoms with van der Waals surface area (Å²) in [5.74, 6) is 0. The summed E-state index contributed by atoms with van der Waals surface area (Å²) in [4.78, 5) is 5.11. The van der Waals surface area contributed by atoms with Gasteiger partial charge in [0.2, 0.25) is 11.9 Å². The van der Waals surface area contributed by atoms with Crippen LogP contribution in [0.1, 0.15) is 12.6 Å². The first-order chi connectivity index (χ1) is 5.38. The second-order valence-electron chi connectivity index (χ2n) is 2.14. The summed E-state index contributed by atoms with van der Waals surface area (Å²) in [5, 5.41) is 0. The Hall–Kier alpha value is -1.31. The molecule has 0 unspecified atom stereocenters. The predicted octanol–water partition coefficient (Wildman–Crippen LogP) is 1.11. The molecule has 0 aliphatic heterocycles. The molecular weight excluding hydrogens is 138 g/mol. The van der Waals surface area contributed by atoms with Gasteiger partial charge >= 0.3 is 0 Å². The number of nitrogens with zero attached hydrogens (tertiary/aromatic N) is 1. The van der Waals surface area contributed by atoms with Gasteiger partial charge in [-0.2, -0.15) is 0 Å². The van der Waals surface area contributed by atoms with Gasteiger partial charge in [-0.25, -0.2) is 4.84 Å². The van der Waals surface area contributed by atoms with Crippen molar-refractivity contribution in [2.45, 2.75) is 13.3 Å². The van der Waals surface area contributed by atoms with Crippen LogP contribution in [0.25, 0.3) is 0 Å². The Bertz CT molecular complexity index is 245. The molecule has 58 valence electrons. The third-order valence-corrected chi connectivity index (χ3v) is 1.45. The molecule has 1 heterocycles. The van der Waals surface area contributed by atoms with Crippen LogP contribution < -0.4 is 9.57 Å². The maximum Gasteiger partial charge on any atom is 0.234 e. The van der Waals surface area contributed by atoms with Gasteiger partial charge in [-0.15, -0.1) is 0 Å². The molecule has 0 N–H and O–H groups in total. The average molecular weight is 150 g/mol. The van der Waals surface area contributed by atoms with Crippen molar-refractivity contribution in [3.05, 3.63) is 42.9 Å². The lowest BCUT2D eigenvalue weighted by molar-refractivity contribution is -0.881. The Balaban J connectivity index is 2.92. The zero-order valence-corrected chi connectivity index (χ0v) is 6.66. The fraction of sp³-hybridized carbons (Fsp3) is 0.222. The number of hydrogen-bond donors (Lipinski definition) is 0. The third kappa shape index (κ3) is 1.80. The minimum atomic E-state index is 0.953. The molecule has 0 radical (unpaired) electrons. The lowest BCUT2D eigenvalue weighted by atomic mass is 10.3. The van der Waals surface area contributed by atoms with E-state index in [1.54, 1.807) is 4.73 Å². The molecule has 1 aromatic rings. The van der Waals surface area contributed by atoms with E-state index in [2.05, 4.69) is 13.5 Å². The van der Waals surface area contributed by atoms with Gasteiger partial charge in [0.1, 0.15) is 0 Å². The molecule has 2 heteroatoms. The minimum Gasteiger partial charge on any atom is -0.240 e. The summed E-state index contributed by atoms with van der Waals surface area (Å²) in [6.45, 7) is 5.57. The molecule has 1 aromatic heterocycles. The highest BCUT2D eigenvalue weighted by Crippen LogP contribution is 1.90. The molecule has 0 fully saturated rings. The van der Waals surface area contributed by atoms with Crippen molar-refractivity contribution in [1.82, 2.24) is 0 Å². The van der Waals surface area contributed by atoms with Crippen LogP contribution in [0.4, 0.5) is 0 Å². The van der Waals surface area contributed by atoms with E-state index in [-0.39, 0.29) is 0 Å². The second kappa shape index (κ2) is 3.76. The summed E-state index contributed by atoms with van der Waals surface area (Å²) < 4.78 is 1.70. The van der Waals surface area contributed by atoms with Crippen molar-refractivity contribution in [1.29, 1.82) is 0 Å². The van der Waals surface area contributed by atoms with Crippen molar-refractivity contribution in [3.63, 3.8) is 0 Å². The SMILES string of the molecule is C=CO[n+]1ccccc1CC. The van der Waals surface area contributed by atoms with Gasteiger partial charge in [-0.05, 0) is 6.07 Å². The number of hydrogen-bond acceptors (Lipinski definition) is 1. The zero-order chi connectivity index (χ0) is 8.10. The number of aryl methyl sites for hydroxylation is 1. The Morgan fingerprint density at radius 3 is 3.09 bits per heavy atom. The highest BCUT2D eigenvalue weighted by molar-refractivity contribution is 4.96. The molecule has 0 atom stereocenters. The number of aromatic nitrogens is 1. The van der Waals surface area contributed by atoms with Crippen molar-refractivity contribution >= 4 is 0 Å². The van der Waals surface area contributed by atoms with Gasteiger partial charge in [-0.1, -0.05) is 13.5 Å². The molecule has 0 aliphatic carbocycles. The van der Waals surface area contributed by atoms with E-state index in [1.807, 2.05) is 24.4 Å². The van der Waals surface area contributed by atoms with Gasteiger partial charge in [0.25, 0.3) is 0 Å². The molecule has 0 spiro atoms. The standard InChI is InChI=1S/C9H12NO/c1-3-9-7-5-6-8-10(9)11-4-2/h4-8H,2-3H2,1H3/q+1. The van der Waals surface area contributed by atoms with Gasteiger partial charge < -0.3 is 0 Å². The average Bonchev–Trinajstić information content (AvgIpc) is 2.06. The first kappa shape index (κ1) is 7.79. The molecule has 0 aromatic carbocycles. The lowest BCUT2D eigenvalue weighted by Gasteiger charge is -1.94. The van der Waals surface area contributed by atoms with Gasteiger partial charge in [0.15, 0.2) is 6.26 Å². The molecule has 0 saturated heterocycles. The van der Waals surface area contributed by atoms with Crippen molar-refractivity contribution in [2.24, 2.45) is 0 Å². The first-order valence-corrected chi connectivity index (χ1v) is 3.66. The highest BCUT2D eigenvalue weighted by Gasteiger charge is 2.05. The molecule has 0 saturated carbocycles. The van der Waals surface area contributed by atoms with Crippen LogP contribution in [0.3, 0.4) is 0 Å².